The van der Waals surface area contributed by atoms with Gasteiger partial charge in [-0.15, -0.1) is 0 Å². The predicted molar refractivity (Wildman–Crippen MR) is 170 cm³/mol. The lowest BCUT2D eigenvalue weighted by Crippen LogP contribution is -2.50. The Morgan fingerprint density at radius 3 is 2.18 bits per heavy atom. The molecule has 1 aliphatic heterocycles. The molecule has 4 aromatic rings. The van der Waals surface area contributed by atoms with Crippen LogP contribution in [0.15, 0.2) is 57.9 Å². The number of methoxy groups -OCH3 is 1. The van der Waals surface area contributed by atoms with Crippen LogP contribution in [0.3, 0.4) is 0 Å². The van der Waals surface area contributed by atoms with Crippen molar-refractivity contribution < 1.29 is 28.2 Å². The van der Waals surface area contributed by atoms with Gasteiger partial charge in [-0.2, -0.15) is 0 Å². The van der Waals surface area contributed by atoms with Crippen LogP contribution in [-0.2, 0) is 9.47 Å². The van der Waals surface area contributed by atoms with Crippen LogP contribution < -0.4 is 20.4 Å². The number of hydrogen-bond donors (Lipinski definition) is 1. The first-order chi connectivity index (χ1) is 20.7. The van der Waals surface area contributed by atoms with E-state index in [0.29, 0.717) is 37.5 Å². The van der Waals surface area contributed by atoms with Crippen molar-refractivity contribution in [3.8, 4) is 16.9 Å². The Morgan fingerprint density at radius 2 is 1.57 bits per heavy atom. The third-order valence-electron chi connectivity index (χ3n) is 6.99. The summed E-state index contributed by atoms with van der Waals surface area (Å²) >= 11 is 0. The SMILES string of the molecule is COc1cnc2c(=O)c3c(NC(=O)OC(C)(C)C)cccc3oc2c1-c1ccc(N2CCN(C(=O)OC(C)(C)C)CC2)cc1. The molecule has 0 aliphatic carbocycles. The number of amides is 2. The fourth-order valence-electron chi connectivity index (χ4n) is 5.07. The summed E-state index contributed by atoms with van der Waals surface area (Å²) in [5.41, 5.74) is 1.66. The number of aromatic nitrogens is 1. The minimum atomic E-state index is -0.705. The van der Waals surface area contributed by atoms with Gasteiger partial charge in [-0.1, -0.05) is 18.2 Å². The molecule has 1 fully saturated rings. The number of fused-ring (bicyclic) bond motifs is 2. The van der Waals surface area contributed by atoms with E-state index >= 15 is 0 Å². The first-order valence-electron chi connectivity index (χ1n) is 14.5. The van der Waals surface area contributed by atoms with E-state index < -0.39 is 22.7 Å². The molecule has 0 saturated carbocycles. The molecule has 3 heterocycles. The van der Waals surface area contributed by atoms with Crippen LogP contribution in [0.4, 0.5) is 21.0 Å². The molecule has 0 radical (unpaired) electrons. The van der Waals surface area contributed by atoms with Gasteiger partial charge in [0, 0.05) is 31.9 Å². The van der Waals surface area contributed by atoms with Crippen molar-refractivity contribution in [2.45, 2.75) is 52.7 Å². The van der Waals surface area contributed by atoms with E-state index in [1.165, 1.54) is 13.3 Å². The van der Waals surface area contributed by atoms with Crippen molar-refractivity contribution in [1.29, 1.82) is 0 Å². The number of benzene rings is 2. The number of anilines is 2. The average molecular weight is 603 g/mol. The van der Waals surface area contributed by atoms with E-state index in [-0.39, 0.29) is 33.8 Å². The van der Waals surface area contributed by atoms with Gasteiger partial charge in [-0.25, -0.2) is 14.6 Å². The summed E-state index contributed by atoms with van der Waals surface area (Å²) in [4.78, 5) is 47.0. The molecule has 2 aromatic heterocycles. The predicted octanol–water partition coefficient (Wildman–Crippen LogP) is 6.42. The maximum atomic E-state index is 13.8. The summed E-state index contributed by atoms with van der Waals surface area (Å²) < 4.78 is 22.8. The van der Waals surface area contributed by atoms with E-state index in [1.54, 1.807) is 43.9 Å². The molecular weight excluding hydrogens is 564 g/mol. The standard InChI is InChI=1S/C33H38N4O7/c1-32(2,3)43-30(39)35-22-9-8-10-23-26(22)28(38)27-29(42-23)25(24(41-7)19-34-27)20-11-13-21(14-12-20)36-15-17-37(18-16-36)31(40)44-33(4,5)6/h8-14,19H,15-18H2,1-7H3,(H,35,39). The lowest BCUT2D eigenvalue weighted by Gasteiger charge is -2.36. The van der Waals surface area contributed by atoms with Crippen LogP contribution in [0.25, 0.3) is 33.2 Å². The second-order valence-electron chi connectivity index (χ2n) is 12.6. The molecule has 2 amide bonds. The number of pyridine rings is 1. The number of nitrogens with zero attached hydrogens (tertiary/aromatic N) is 3. The van der Waals surface area contributed by atoms with Gasteiger partial charge in [-0.05, 0) is 71.4 Å². The number of carbonyl (C=O) groups excluding carboxylic acids is 2. The first kappa shape index (κ1) is 30.7. The highest BCUT2D eigenvalue weighted by atomic mass is 16.6. The van der Waals surface area contributed by atoms with Crippen molar-refractivity contribution in [1.82, 2.24) is 9.88 Å². The molecule has 2 aromatic carbocycles. The molecule has 1 saturated heterocycles. The summed E-state index contributed by atoms with van der Waals surface area (Å²) in [5.74, 6) is 0.446. The number of piperazine rings is 1. The summed E-state index contributed by atoms with van der Waals surface area (Å²) in [6.45, 7) is 13.3. The highest BCUT2D eigenvalue weighted by Gasteiger charge is 2.27. The second-order valence-corrected chi connectivity index (χ2v) is 12.6. The van der Waals surface area contributed by atoms with E-state index in [9.17, 15) is 14.4 Å². The summed E-state index contributed by atoms with van der Waals surface area (Å²) in [6.07, 6.45) is 0.513. The minimum absolute atomic E-state index is 0.106. The maximum absolute atomic E-state index is 13.8. The normalized spacial score (nSPS) is 14.1. The molecule has 0 bridgehead atoms. The zero-order chi connectivity index (χ0) is 31.8. The van der Waals surface area contributed by atoms with Crippen molar-refractivity contribution in [3.05, 3.63) is 58.9 Å². The molecular formula is C33H38N4O7. The molecule has 11 heteroatoms. The molecule has 0 spiro atoms. The molecule has 0 unspecified atom stereocenters. The third-order valence-corrected chi connectivity index (χ3v) is 6.99. The number of rotatable bonds is 4. The maximum Gasteiger partial charge on any atom is 0.412 e. The second kappa shape index (κ2) is 11.7. The summed E-state index contributed by atoms with van der Waals surface area (Å²) in [5, 5.41) is 2.86. The van der Waals surface area contributed by atoms with Crippen LogP contribution in [-0.4, -0.2) is 66.6 Å². The number of hydrogen-bond acceptors (Lipinski definition) is 9. The molecule has 44 heavy (non-hydrogen) atoms. The Bertz CT molecular complexity index is 1760. The minimum Gasteiger partial charge on any atom is -0.494 e. The van der Waals surface area contributed by atoms with Gasteiger partial charge >= 0.3 is 12.2 Å². The third kappa shape index (κ3) is 6.56. The fraction of sp³-hybridized carbons (Fsp3) is 0.394. The van der Waals surface area contributed by atoms with Gasteiger partial charge < -0.3 is 28.4 Å². The number of ether oxygens (including phenoxy) is 3. The van der Waals surface area contributed by atoms with Gasteiger partial charge in [-0.3, -0.25) is 10.1 Å². The molecule has 11 nitrogen and oxygen atoms in total. The summed E-state index contributed by atoms with van der Waals surface area (Å²) in [7, 11) is 1.53. The average Bonchev–Trinajstić information content (AvgIpc) is 2.95. The van der Waals surface area contributed by atoms with Crippen molar-refractivity contribution in [2.24, 2.45) is 0 Å². The van der Waals surface area contributed by atoms with Crippen molar-refractivity contribution in [2.75, 3.05) is 43.5 Å². The highest BCUT2D eigenvalue weighted by Crippen LogP contribution is 2.38. The lowest BCUT2D eigenvalue weighted by atomic mass is 10.0. The van der Waals surface area contributed by atoms with Gasteiger partial charge in [0.2, 0.25) is 5.43 Å². The van der Waals surface area contributed by atoms with Crippen LogP contribution in [0, 0.1) is 0 Å². The van der Waals surface area contributed by atoms with E-state index in [4.69, 9.17) is 18.6 Å². The molecule has 1 aliphatic rings. The lowest BCUT2D eigenvalue weighted by molar-refractivity contribution is 0.0240. The fourth-order valence-corrected chi connectivity index (χ4v) is 5.07. The Morgan fingerprint density at radius 1 is 0.909 bits per heavy atom. The zero-order valence-corrected chi connectivity index (χ0v) is 26.1. The topological polar surface area (TPSA) is 123 Å². The highest BCUT2D eigenvalue weighted by molar-refractivity contribution is 6.04. The summed E-state index contributed by atoms with van der Waals surface area (Å²) in [6, 6.07) is 12.8. The Labute approximate surface area is 255 Å². The number of carbonyl (C=O) groups is 2. The van der Waals surface area contributed by atoms with Crippen molar-refractivity contribution in [3.63, 3.8) is 0 Å². The van der Waals surface area contributed by atoms with E-state index in [2.05, 4.69) is 15.2 Å². The van der Waals surface area contributed by atoms with Gasteiger partial charge in [0.1, 0.15) is 22.5 Å². The van der Waals surface area contributed by atoms with Gasteiger partial charge in [0.05, 0.1) is 29.9 Å². The smallest absolute Gasteiger partial charge is 0.412 e. The molecule has 1 N–H and O–H groups in total. The van der Waals surface area contributed by atoms with E-state index in [1.807, 2.05) is 45.0 Å². The van der Waals surface area contributed by atoms with Crippen molar-refractivity contribution >= 4 is 45.6 Å². The first-order valence-corrected chi connectivity index (χ1v) is 14.5. The zero-order valence-electron chi connectivity index (χ0n) is 26.1. The molecule has 0 atom stereocenters. The van der Waals surface area contributed by atoms with E-state index in [0.717, 1.165) is 11.3 Å². The number of nitrogens with one attached hydrogen (secondary N) is 1. The Kier molecular flexibility index (Phi) is 8.15. The Hall–Kier alpha value is -4.80. The molecule has 5 rings (SSSR count). The van der Waals surface area contributed by atoms with Crippen LogP contribution in [0.5, 0.6) is 5.75 Å². The molecule has 232 valence electrons. The van der Waals surface area contributed by atoms with Gasteiger partial charge in [0.15, 0.2) is 11.1 Å². The quantitative estimate of drug-likeness (QED) is 0.264. The van der Waals surface area contributed by atoms with Gasteiger partial charge in [0.25, 0.3) is 0 Å². The Balaban J connectivity index is 1.45. The van der Waals surface area contributed by atoms with Crippen LogP contribution in [0.1, 0.15) is 41.5 Å². The monoisotopic (exact) mass is 602 g/mol. The largest absolute Gasteiger partial charge is 0.494 e. The van der Waals surface area contributed by atoms with Crippen LogP contribution in [0.2, 0.25) is 0 Å². The van der Waals surface area contributed by atoms with Crippen LogP contribution >= 0.6 is 0 Å².